The Balaban J connectivity index is 2.80. The molecule has 1 aromatic heterocycles. The van der Waals surface area contributed by atoms with Gasteiger partial charge in [-0.3, -0.25) is 14.4 Å². The molecule has 102 valence electrons. The summed E-state index contributed by atoms with van der Waals surface area (Å²) in [5, 5.41) is 13.6. The molecule has 1 N–H and O–H groups in total. The van der Waals surface area contributed by atoms with Crippen molar-refractivity contribution in [1.82, 2.24) is 14.7 Å². The van der Waals surface area contributed by atoms with E-state index in [1.807, 2.05) is 20.8 Å². The minimum atomic E-state index is -0.783. The molecule has 5 nitrogen and oxygen atoms in total. The van der Waals surface area contributed by atoms with Crippen LogP contribution in [0.2, 0.25) is 5.15 Å². The zero-order chi connectivity index (χ0) is 13.9. The summed E-state index contributed by atoms with van der Waals surface area (Å²) in [5.74, 6) is -0.783. The van der Waals surface area contributed by atoms with Crippen LogP contribution in [0.3, 0.4) is 0 Å². The maximum absolute atomic E-state index is 10.6. The Morgan fingerprint density at radius 1 is 1.56 bits per heavy atom. The fraction of sp³-hybridized carbons (Fsp3) is 0.667. The van der Waals surface area contributed by atoms with E-state index >= 15 is 0 Å². The number of aliphatic carboxylic acids is 1. The highest BCUT2D eigenvalue weighted by atomic mass is 35.5. The number of aryl methyl sites for hydroxylation is 2. The van der Waals surface area contributed by atoms with Crippen LogP contribution < -0.4 is 0 Å². The van der Waals surface area contributed by atoms with Crippen molar-refractivity contribution in [2.75, 3.05) is 6.54 Å². The number of halogens is 1. The molecule has 0 radical (unpaired) electrons. The van der Waals surface area contributed by atoms with Gasteiger partial charge < -0.3 is 5.11 Å². The van der Waals surface area contributed by atoms with E-state index < -0.39 is 5.97 Å². The van der Waals surface area contributed by atoms with Crippen molar-refractivity contribution < 1.29 is 9.90 Å². The second kappa shape index (κ2) is 6.20. The number of carboxylic acids is 1. The van der Waals surface area contributed by atoms with Gasteiger partial charge in [0.2, 0.25) is 0 Å². The van der Waals surface area contributed by atoms with E-state index in [2.05, 4.69) is 10.00 Å². The van der Waals surface area contributed by atoms with Gasteiger partial charge in [0.15, 0.2) is 0 Å². The maximum Gasteiger partial charge on any atom is 0.304 e. The van der Waals surface area contributed by atoms with Crippen LogP contribution in [0.4, 0.5) is 0 Å². The number of carboxylic acid groups (broad SMARTS) is 1. The molecule has 0 aliphatic carbocycles. The highest BCUT2D eigenvalue weighted by Gasteiger charge is 2.17. The van der Waals surface area contributed by atoms with E-state index in [0.29, 0.717) is 18.2 Å². The van der Waals surface area contributed by atoms with Gasteiger partial charge in [0.25, 0.3) is 0 Å². The van der Waals surface area contributed by atoms with Crippen LogP contribution in [0.5, 0.6) is 0 Å². The Bertz CT molecular complexity index is 429. The molecular formula is C12H20ClN3O2. The summed E-state index contributed by atoms with van der Waals surface area (Å²) in [7, 11) is 1.80. The van der Waals surface area contributed by atoms with E-state index in [1.165, 1.54) is 0 Å². The molecule has 1 aromatic rings. The van der Waals surface area contributed by atoms with E-state index in [4.69, 9.17) is 16.7 Å². The van der Waals surface area contributed by atoms with E-state index in [9.17, 15) is 4.79 Å². The number of hydrogen-bond acceptors (Lipinski definition) is 3. The molecule has 6 heteroatoms. The molecule has 1 heterocycles. The van der Waals surface area contributed by atoms with Crippen molar-refractivity contribution in [2.24, 2.45) is 7.05 Å². The number of carbonyl (C=O) groups is 1. The van der Waals surface area contributed by atoms with Gasteiger partial charge in [-0.05, 0) is 20.8 Å². The van der Waals surface area contributed by atoms with Crippen LogP contribution in [0.15, 0.2) is 0 Å². The molecule has 1 rings (SSSR count). The lowest BCUT2D eigenvalue weighted by Crippen LogP contribution is -2.32. The number of nitrogens with zero attached hydrogens (tertiary/aromatic N) is 3. The van der Waals surface area contributed by atoms with Crippen molar-refractivity contribution >= 4 is 17.6 Å². The normalized spacial score (nSPS) is 11.5. The van der Waals surface area contributed by atoms with Crippen molar-refractivity contribution in [3.8, 4) is 0 Å². The van der Waals surface area contributed by atoms with Gasteiger partial charge >= 0.3 is 5.97 Å². The quantitative estimate of drug-likeness (QED) is 0.862. The summed E-state index contributed by atoms with van der Waals surface area (Å²) in [4.78, 5) is 12.7. The van der Waals surface area contributed by atoms with Crippen LogP contribution in [0, 0.1) is 6.92 Å². The molecule has 0 aromatic carbocycles. The lowest BCUT2D eigenvalue weighted by atomic mass is 10.2. The highest BCUT2D eigenvalue weighted by Crippen LogP contribution is 2.21. The van der Waals surface area contributed by atoms with E-state index in [0.717, 1.165) is 11.3 Å². The predicted molar refractivity (Wildman–Crippen MR) is 70.8 cm³/mol. The topological polar surface area (TPSA) is 58.4 Å². The van der Waals surface area contributed by atoms with Crippen LogP contribution in [-0.4, -0.2) is 38.3 Å². The van der Waals surface area contributed by atoms with Crippen LogP contribution in [0.1, 0.15) is 31.5 Å². The van der Waals surface area contributed by atoms with Gasteiger partial charge in [0.1, 0.15) is 5.15 Å². The first kappa shape index (κ1) is 15.0. The Morgan fingerprint density at radius 2 is 2.17 bits per heavy atom. The van der Waals surface area contributed by atoms with Crippen molar-refractivity contribution in [1.29, 1.82) is 0 Å². The lowest BCUT2D eigenvalue weighted by molar-refractivity contribution is -0.137. The van der Waals surface area contributed by atoms with E-state index in [1.54, 1.807) is 11.7 Å². The molecule has 0 fully saturated rings. The van der Waals surface area contributed by atoms with Gasteiger partial charge in [-0.2, -0.15) is 5.10 Å². The lowest BCUT2D eigenvalue weighted by Gasteiger charge is -2.25. The molecule has 0 spiro atoms. The number of rotatable bonds is 6. The summed E-state index contributed by atoms with van der Waals surface area (Å²) in [6, 6.07) is 0.264. The molecule has 0 atom stereocenters. The van der Waals surface area contributed by atoms with Crippen LogP contribution in [-0.2, 0) is 18.4 Å². The van der Waals surface area contributed by atoms with Crippen molar-refractivity contribution in [3.63, 3.8) is 0 Å². The Hall–Kier alpha value is -1.07. The standard InChI is InChI=1S/C12H20ClN3O2/c1-8(2)16(6-5-11(17)18)7-10-9(3)14-15(4)12(10)13/h8H,5-7H2,1-4H3,(H,17,18). The third-order valence-electron chi connectivity index (χ3n) is 2.97. The molecule has 0 saturated heterocycles. The minimum absolute atomic E-state index is 0.134. The molecule has 0 saturated carbocycles. The van der Waals surface area contributed by atoms with Crippen molar-refractivity contribution in [3.05, 3.63) is 16.4 Å². The van der Waals surface area contributed by atoms with Gasteiger partial charge in [0.05, 0.1) is 12.1 Å². The summed E-state index contributed by atoms with van der Waals surface area (Å²) < 4.78 is 1.64. The molecule has 0 amide bonds. The van der Waals surface area contributed by atoms with Gasteiger partial charge in [-0.25, -0.2) is 0 Å². The molecular weight excluding hydrogens is 254 g/mol. The number of hydrogen-bond donors (Lipinski definition) is 1. The zero-order valence-corrected chi connectivity index (χ0v) is 12.0. The van der Waals surface area contributed by atoms with Crippen molar-refractivity contribution in [2.45, 2.75) is 39.8 Å². The first-order chi connectivity index (χ1) is 8.32. The second-order valence-corrected chi connectivity index (χ2v) is 5.04. The Kier molecular flexibility index (Phi) is 5.16. The monoisotopic (exact) mass is 273 g/mol. The molecule has 18 heavy (non-hydrogen) atoms. The molecule has 0 unspecified atom stereocenters. The summed E-state index contributed by atoms with van der Waals surface area (Å²) in [6.07, 6.45) is 0.134. The fourth-order valence-corrected chi connectivity index (χ4v) is 2.05. The average molecular weight is 274 g/mol. The van der Waals surface area contributed by atoms with Crippen LogP contribution >= 0.6 is 11.6 Å². The van der Waals surface area contributed by atoms with Gasteiger partial charge in [-0.15, -0.1) is 0 Å². The Morgan fingerprint density at radius 3 is 2.56 bits per heavy atom. The predicted octanol–water partition coefficient (Wildman–Crippen LogP) is 2.07. The largest absolute Gasteiger partial charge is 0.481 e. The van der Waals surface area contributed by atoms with Crippen LogP contribution in [0.25, 0.3) is 0 Å². The maximum atomic E-state index is 10.6. The molecule has 0 bridgehead atoms. The third kappa shape index (κ3) is 3.71. The average Bonchev–Trinajstić information content (AvgIpc) is 2.49. The first-order valence-electron chi connectivity index (χ1n) is 5.96. The summed E-state index contributed by atoms with van der Waals surface area (Å²) >= 11 is 6.18. The minimum Gasteiger partial charge on any atom is -0.481 e. The van der Waals surface area contributed by atoms with E-state index in [-0.39, 0.29) is 12.5 Å². The van der Waals surface area contributed by atoms with Gasteiger partial charge in [-0.1, -0.05) is 11.6 Å². The highest BCUT2D eigenvalue weighted by molar-refractivity contribution is 6.30. The first-order valence-corrected chi connectivity index (χ1v) is 6.34. The second-order valence-electron chi connectivity index (χ2n) is 4.69. The summed E-state index contributed by atoms with van der Waals surface area (Å²) in [6.45, 7) is 7.14. The summed E-state index contributed by atoms with van der Waals surface area (Å²) in [5.41, 5.74) is 1.86. The zero-order valence-electron chi connectivity index (χ0n) is 11.3. The third-order valence-corrected chi connectivity index (χ3v) is 3.45. The number of aromatic nitrogens is 2. The fourth-order valence-electron chi connectivity index (χ4n) is 1.82. The Labute approximate surface area is 112 Å². The molecule has 0 aliphatic heterocycles. The SMILES string of the molecule is Cc1nn(C)c(Cl)c1CN(CCC(=O)O)C(C)C. The smallest absolute Gasteiger partial charge is 0.304 e. The molecule has 0 aliphatic rings. The van der Waals surface area contributed by atoms with Gasteiger partial charge in [0, 0.05) is 31.7 Å².